The number of hydrogen-bond acceptors (Lipinski definition) is 1. The van der Waals surface area contributed by atoms with Gasteiger partial charge in [0.15, 0.2) is 0 Å². The lowest BCUT2D eigenvalue weighted by Gasteiger charge is -2.26. The Bertz CT molecular complexity index is 425. The molecular weight excluding hydrogens is 279 g/mol. The third kappa shape index (κ3) is 3.80. The standard InChI is InChI=1S/C13H15Cl3O/c1-4-13(2,3)12(8-14)17-11-6-5-9(15)7-10(11)16/h5-8H,4H2,1-3H3. The van der Waals surface area contributed by atoms with E-state index in [1.807, 2.05) is 0 Å². The van der Waals surface area contributed by atoms with Gasteiger partial charge in [-0.25, -0.2) is 0 Å². The van der Waals surface area contributed by atoms with E-state index in [-0.39, 0.29) is 5.41 Å². The summed E-state index contributed by atoms with van der Waals surface area (Å²) < 4.78 is 5.74. The van der Waals surface area contributed by atoms with Gasteiger partial charge in [0.1, 0.15) is 11.5 Å². The van der Waals surface area contributed by atoms with E-state index in [2.05, 4.69) is 20.8 Å². The maximum atomic E-state index is 6.04. The van der Waals surface area contributed by atoms with Crippen molar-refractivity contribution in [3.8, 4) is 5.75 Å². The van der Waals surface area contributed by atoms with Gasteiger partial charge in [0.2, 0.25) is 0 Å². The Morgan fingerprint density at radius 1 is 1.35 bits per heavy atom. The molecule has 0 saturated carbocycles. The van der Waals surface area contributed by atoms with Crippen LogP contribution in [0.4, 0.5) is 0 Å². The molecule has 0 saturated heterocycles. The molecule has 0 unspecified atom stereocenters. The summed E-state index contributed by atoms with van der Waals surface area (Å²) in [5, 5.41) is 1.05. The third-order valence-electron chi connectivity index (χ3n) is 2.76. The molecular formula is C13H15Cl3O. The molecule has 0 aliphatic carbocycles. The number of allylic oxidation sites excluding steroid dienone is 1. The molecule has 94 valence electrons. The normalized spacial score (nSPS) is 12.7. The lowest BCUT2D eigenvalue weighted by Crippen LogP contribution is -2.17. The fraction of sp³-hybridized carbons (Fsp3) is 0.385. The minimum atomic E-state index is -0.134. The Morgan fingerprint density at radius 2 is 2.00 bits per heavy atom. The molecule has 0 aliphatic heterocycles. The molecule has 0 atom stereocenters. The molecule has 1 rings (SSSR count). The number of halogens is 3. The predicted octanol–water partition coefficient (Wildman–Crippen LogP) is 5.89. The molecule has 4 heteroatoms. The molecule has 0 heterocycles. The second-order valence-electron chi connectivity index (χ2n) is 4.39. The maximum absolute atomic E-state index is 6.04. The fourth-order valence-electron chi connectivity index (χ4n) is 1.16. The highest BCUT2D eigenvalue weighted by atomic mass is 35.5. The molecule has 0 N–H and O–H groups in total. The summed E-state index contributed by atoms with van der Waals surface area (Å²) >= 11 is 17.7. The van der Waals surface area contributed by atoms with Crippen LogP contribution in [0, 0.1) is 5.41 Å². The first-order valence-electron chi connectivity index (χ1n) is 5.34. The Labute approximate surface area is 117 Å². The quantitative estimate of drug-likeness (QED) is 0.629. The molecule has 0 radical (unpaired) electrons. The number of rotatable bonds is 4. The lowest BCUT2D eigenvalue weighted by molar-refractivity contribution is 0.268. The van der Waals surface area contributed by atoms with Crippen molar-refractivity contribution in [2.45, 2.75) is 27.2 Å². The van der Waals surface area contributed by atoms with Crippen molar-refractivity contribution in [3.63, 3.8) is 0 Å². The first-order chi connectivity index (χ1) is 7.90. The van der Waals surface area contributed by atoms with Crippen molar-refractivity contribution in [3.05, 3.63) is 39.5 Å². The van der Waals surface area contributed by atoms with E-state index < -0.39 is 0 Å². The van der Waals surface area contributed by atoms with Crippen LogP contribution in [0.5, 0.6) is 5.75 Å². The molecule has 17 heavy (non-hydrogen) atoms. The Balaban J connectivity index is 2.97. The van der Waals surface area contributed by atoms with Crippen molar-refractivity contribution in [2.75, 3.05) is 0 Å². The molecule has 1 aromatic carbocycles. The number of hydrogen-bond donors (Lipinski definition) is 0. The zero-order valence-corrected chi connectivity index (χ0v) is 12.3. The number of ether oxygens (including phenoxy) is 1. The monoisotopic (exact) mass is 292 g/mol. The highest BCUT2D eigenvalue weighted by Crippen LogP contribution is 2.36. The maximum Gasteiger partial charge on any atom is 0.145 e. The van der Waals surface area contributed by atoms with Gasteiger partial charge in [-0.15, -0.1) is 0 Å². The Morgan fingerprint density at radius 3 is 2.47 bits per heavy atom. The van der Waals surface area contributed by atoms with Gasteiger partial charge < -0.3 is 4.74 Å². The second kappa shape index (κ2) is 5.99. The lowest BCUT2D eigenvalue weighted by atomic mass is 9.88. The van der Waals surface area contributed by atoms with Crippen molar-refractivity contribution >= 4 is 34.8 Å². The van der Waals surface area contributed by atoms with E-state index in [0.29, 0.717) is 21.6 Å². The van der Waals surface area contributed by atoms with Gasteiger partial charge in [0.25, 0.3) is 0 Å². The van der Waals surface area contributed by atoms with Crippen LogP contribution in [-0.2, 0) is 0 Å². The summed E-state index contributed by atoms with van der Waals surface area (Å²) in [5.74, 6) is 1.25. The first-order valence-corrected chi connectivity index (χ1v) is 6.53. The van der Waals surface area contributed by atoms with Crippen LogP contribution < -0.4 is 4.74 Å². The summed E-state index contributed by atoms with van der Waals surface area (Å²) in [6, 6.07) is 5.10. The highest BCUT2D eigenvalue weighted by Gasteiger charge is 2.23. The topological polar surface area (TPSA) is 9.23 Å². The van der Waals surface area contributed by atoms with E-state index in [0.717, 1.165) is 6.42 Å². The van der Waals surface area contributed by atoms with E-state index in [4.69, 9.17) is 39.5 Å². The summed E-state index contributed by atoms with van der Waals surface area (Å²) in [7, 11) is 0. The second-order valence-corrected chi connectivity index (χ2v) is 5.45. The smallest absolute Gasteiger partial charge is 0.145 e. The largest absolute Gasteiger partial charge is 0.459 e. The Kier molecular flexibility index (Phi) is 5.18. The van der Waals surface area contributed by atoms with Crippen LogP contribution in [0.3, 0.4) is 0 Å². The predicted molar refractivity (Wildman–Crippen MR) is 75.1 cm³/mol. The average Bonchev–Trinajstić information content (AvgIpc) is 2.27. The van der Waals surface area contributed by atoms with Gasteiger partial charge >= 0.3 is 0 Å². The highest BCUT2D eigenvalue weighted by molar-refractivity contribution is 6.35. The third-order valence-corrected chi connectivity index (χ3v) is 3.49. The molecule has 1 aromatic rings. The molecule has 1 nitrogen and oxygen atoms in total. The Hall–Kier alpha value is -0.370. The molecule has 0 bridgehead atoms. The van der Waals surface area contributed by atoms with Gasteiger partial charge in [-0.2, -0.15) is 0 Å². The van der Waals surface area contributed by atoms with Gasteiger partial charge in [-0.3, -0.25) is 0 Å². The molecule has 0 spiro atoms. The molecule has 0 aliphatic rings. The zero-order chi connectivity index (χ0) is 13.1. The van der Waals surface area contributed by atoms with Crippen LogP contribution in [0.1, 0.15) is 27.2 Å². The molecule has 0 aromatic heterocycles. The number of benzene rings is 1. The van der Waals surface area contributed by atoms with Crippen LogP contribution in [0.15, 0.2) is 29.5 Å². The zero-order valence-electron chi connectivity index (χ0n) is 10.1. The minimum absolute atomic E-state index is 0.134. The van der Waals surface area contributed by atoms with Crippen molar-refractivity contribution < 1.29 is 4.74 Å². The van der Waals surface area contributed by atoms with Gasteiger partial charge in [-0.05, 0) is 24.6 Å². The first kappa shape index (κ1) is 14.7. The van der Waals surface area contributed by atoms with Crippen molar-refractivity contribution in [2.24, 2.45) is 5.41 Å². The van der Waals surface area contributed by atoms with Crippen LogP contribution in [0.2, 0.25) is 10.0 Å². The average molecular weight is 294 g/mol. The van der Waals surface area contributed by atoms with Gasteiger partial charge in [-0.1, -0.05) is 55.6 Å². The minimum Gasteiger partial charge on any atom is -0.459 e. The van der Waals surface area contributed by atoms with Gasteiger partial charge in [0, 0.05) is 16.0 Å². The van der Waals surface area contributed by atoms with E-state index in [1.54, 1.807) is 18.2 Å². The van der Waals surface area contributed by atoms with Crippen LogP contribution >= 0.6 is 34.8 Å². The van der Waals surface area contributed by atoms with Gasteiger partial charge in [0.05, 0.1) is 5.02 Å². The summed E-state index contributed by atoms with van der Waals surface area (Å²) in [5.41, 5.74) is 1.32. The summed E-state index contributed by atoms with van der Waals surface area (Å²) in [6.07, 6.45) is 0.913. The van der Waals surface area contributed by atoms with Crippen molar-refractivity contribution in [1.82, 2.24) is 0 Å². The van der Waals surface area contributed by atoms with Crippen LogP contribution in [0.25, 0.3) is 0 Å². The van der Waals surface area contributed by atoms with E-state index >= 15 is 0 Å². The van der Waals surface area contributed by atoms with Crippen molar-refractivity contribution in [1.29, 1.82) is 0 Å². The fourth-order valence-corrected chi connectivity index (χ4v) is 1.95. The summed E-state index contributed by atoms with van der Waals surface area (Å²) in [4.78, 5) is 0. The SMILES string of the molecule is CCC(C)(C)C(=CCl)Oc1ccc(Cl)cc1Cl. The summed E-state index contributed by atoms with van der Waals surface area (Å²) in [6.45, 7) is 6.20. The van der Waals surface area contributed by atoms with Crippen LogP contribution in [-0.4, -0.2) is 0 Å². The molecule has 0 amide bonds. The van der Waals surface area contributed by atoms with E-state index in [1.165, 1.54) is 5.54 Å². The molecule has 0 fully saturated rings. The van der Waals surface area contributed by atoms with E-state index in [9.17, 15) is 0 Å².